The Labute approximate surface area is 84.4 Å². The Morgan fingerprint density at radius 1 is 1.13 bits per heavy atom. The Morgan fingerprint density at radius 3 is 2.13 bits per heavy atom. The number of rotatable bonds is 5. The summed E-state index contributed by atoms with van der Waals surface area (Å²) in [6, 6.07) is 0. The third kappa shape index (κ3) is 9.01. The molecule has 0 radical (unpaired) electrons. The molecule has 0 bridgehead atoms. The number of nitrogens with one attached hydrogen (secondary N) is 3. The van der Waals surface area contributed by atoms with E-state index in [1.54, 1.807) is 5.32 Å². The topological polar surface area (TPSA) is 70.2 Å². The number of carbonyl (C=O) groups is 2. The van der Waals surface area contributed by atoms with E-state index in [4.69, 9.17) is 0 Å². The molecule has 15 heavy (non-hydrogen) atoms. The lowest BCUT2D eigenvalue weighted by Gasteiger charge is -2.08. The average Bonchev–Trinajstić information content (AvgIpc) is 2.13. The van der Waals surface area contributed by atoms with Crippen molar-refractivity contribution in [3.63, 3.8) is 0 Å². The number of halogens is 3. The summed E-state index contributed by atoms with van der Waals surface area (Å²) in [6.45, 7) is -1.81. The highest BCUT2D eigenvalue weighted by atomic mass is 19.4. The zero-order chi connectivity index (χ0) is 11.9. The van der Waals surface area contributed by atoms with Crippen LogP contribution in [0.4, 0.5) is 13.2 Å². The molecule has 5 nitrogen and oxygen atoms in total. The van der Waals surface area contributed by atoms with E-state index in [1.165, 1.54) is 7.05 Å². The molecule has 0 unspecified atom stereocenters. The molecule has 0 aromatic carbocycles. The summed E-state index contributed by atoms with van der Waals surface area (Å²) in [4.78, 5) is 21.4. The largest absolute Gasteiger partial charge is 0.405 e. The van der Waals surface area contributed by atoms with Crippen LogP contribution in [0.1, 0.15) is 0 Å². The van der Waals surface area contributed by atoms with Crippen LogP contribution in [0.3, 0.4) is 0 Å². The monoisotopic (exact) mass is 227 g/mol. The van der Waals surface area contributed by atoms with Gasteiger partial charge < -0.3 is 10.6 Å². The van der Waals surface area contributed by atoms with Crippen LogP contribution in [0.2, 0.25) is 0 Å². The molecule has 8 heteroatoms. The lowest BCUT2D eigenvalue weighted by Crippen LogP contribution is -2.41. The summed E-state index contributed by atoms with van der Waals surface area (Å²) in [6.07, 6.45) is -4.42. The third-order valence-electron chi connectivity index (χ3n) is 1.34. The summed E-state index contributed by atoms with van der Waals surface area (Å²) in [5, 5.41) is 6.32. The molecule has 0 saturated carbocycles. The van der Waals surface area contributed by atoms with Crippen molar-refractivity contribution < 1.29 is 22.8 Å². The highest BCUT2D eigenvalue weighted by molar-refractivity contribution is 5.80. The maximum Gasteiger partial charge on any atom is 0.405 e. The minimum absolute atomic E-state index is 0.115. The Hall–Kier alpha value is -1.31. The van der Waals surface area contributed by atoms with Gasteiger partial charge in [0.05, 0.1) is 13.1 Å². The number of carbonyl (C=O) groups excluding carboxylic acids is 2. The number of hydrogen-bond acceptors (Lipinski definition) is 3. The van der Waals surface area contributed by atoms with Crippen LogP contribution in [0, 0.1) is 0 Å². The van der Waals surface area contributed by atoms with E-state index in [-0.39, 0.29) is 19.0 Å². The van der Waals surface area contributed by atoms with Crippen molar-refractivity contribution in [1.29, 1.82) is 0 Å². The van der Waals surface area contributed by atoms with E-state index >= 15 is 0 Å². The van der Waals surface area contributed by atoms with E-state index in [2.05, 4.69) is 10.6 Å². The predicted molar refractivity (Wildman–Crippen MR) is 46.0 cm³/mol. The van der Waals surface area contributed by atoms with Crippen molar-refractivity contribution in [3.05, 3.63) is 0 Å². The van der Waals surface area contributed by atoms with Crippen molar-refractivity contribution in [2.75, 3.05) is 26.7 Å². The molecule has 2 amide bonds. The zero-order valence-corrected chi connectivity index (χ0v) is 8.07. The molecule has 0 aliphatic rings. The molecule has 88 valence electrons. The molecule has 0 atom stereocenters. The molecule has 0 spiro atoms. The number of hydrogen-bond donors (Lipinski definition) is 3. The maximum absolute atomic E-state index is 11.6. The third-order valence-corrected chi connectivity index (χ3v) is 1.34. The molecule has 0 aliphatic carbocycles. The van der Waals surface area contributed by atoms with Gasteiger partial charge in [-0.25, -0.2) is 0 Å². The Balaban J connectivity index is 3.54. The van der Waals surface area contributed by atoms with Gasteiger partial charge in [-0.15, -0.1) is 0 Å². The summed E-state index contributed by atoms with van der Waals surface area (Å²) in [5.74, 6) is -1.16. The number of likely N-dealkylation sites (N-methyl/N-ethyl adjacent to an activating group) is 1. The first-order valence-corrected chi connectivity index (χ1v) is 4.10. The fourth-order valence-corrected chi connectivity index (χ4v) is 0.639. The second-order valence-corrected chi connectivity index (χ2v) is 2.67. The molecule has 0 aliphatic heterocycles. The van der Waals surface area contributed by atoms with Crippen LogP contribution in [0.5, 0.6) is 0 Å². The number of alkyl halides is 3. The first-order valence-electron chi connectivity index (χ1n) is 4.10. The van der Waals surface area contributed by atoms with Crippen LogP contribution in [-0.2, 0) is 9.59 Å². The first kappa shape index (κ1) is 13.7. The van der Waals surface area contributed by atoms with Crippen LogP contribution in [0.15, 0.2) is 0 Å². The second kappa shape index (κ2) is 6.23. The fraction of sp³-hybridized carbons (Fsp3) is 0.714. The minimum Gasteiger partial charge on any atom is -0.358 e. The lowest BCUT2D eigenvalue weighted by atomic mass is 10.5. The summed E-state index contributed by atoms with van der Waals surface area (Å²) >= 11 is 0. The zero-order valence-electron chi connectivity index (χ0n) is 8.07. The Kier molecular flexibility index (Phi) is 5.68. The average molecular weight is 227 g/mol. The van der Waals surface area contributed by atoms with E-state index in [0.29, 0.717) is 0 Å². The van der Waals surface area contributed by atoms with Crippen molar-refractivity contribution >= 4 is 11.8 Å². The van der Waals surface area contributed by atoms with E-state index in [1.807, 2.05) is 0 Å². The van der Waals surface area contributed by atoms with Gasteiger partial charge >= 0.3 is 6.18 Å². The van der Waals surface area contributed by atoms with Gasteiger partial charge in [-0.05, 0) is 0 Å². The highest BCUT2D eigenvalue weighted by Gasteiger charge is 2.27. The van der Waals surface area contributed by atoms with Gasteiger partial charge in [0.25, 0.3) is 0 Å². The smallest absolute Gasteiger partial charge is 0.358 e. The van der Waals surface area contributed by atoms with Crippen molar-refractivity contribution in [1.82, 2.24) is 16.0 Å². The number of amides is 2. The van der Waals surface area contributed by atoms with Gasteiger partial charge in [-0.2, -0.15) is 13.2 Å². The molecule has 0 aromatic heterocycles. The van der Waals surface area contributed by atoms with Crippen LogP contribution in [0.25, 0.3) is 0 Å². The normalized spacial score (nSPS) is 10.9. The predicted octanol–water partition coefficient (Wildman–Crippen LogP) is -1.000. The summed E-state index contributed by atoms with van der Waals surface area (Å²) < 4.78 is 34.9. The molecule has 3 N–H and O–H groups in total. The molecule has 0 fully saturated rings. The van der Waals surface area contributed by atoms with E-state index in [0.717, 1.165) is 0 Å². The summed E-state index contributed by atoms with van der Waals surface area (Å²) in [7, 11) is 1.41. The molecule has 0 aromatic rings. The van der Waals surface area contributed by atoms with Crippen molar-refractivity contribution in [2.45, 2.75) is 6.18 Å². The SMILES string of the molecule is CNC(=O)CNCC(=O)NCC(F)(F)F. The Morgan fingerprint density at radius 2 is 1.67 bits per heavy atom. The molecular weight excluding hydrogens is 215 g/mol. The van der Waals surface area contributed by atoms with Crippen molar-refractivity contribution in [3.8, 4) is 0 Å². The molecule has 0 heterocycles. The van der Waals surface area contributed by atoms with Crippen LogP contribution < -0.4 is 16.0 Å². The lowest BCUT2D eigenvalue weighted by molar-refractivity contribution is -0.138. The van der Waals surface area contributed by atoms with Gasteiger partial charge in [-0.1, -0.05) is 0 Å². The standard InChI is InChI=1S/C7H12F3N3O2/c1-11-5(14)2-12-3-6(15)13-4-7(8,9)10/h12H,2-4H2,1H3,(H,11,14)(H,13,15). The second-order valence-electron chi connectivity index (χ2n) is 2.67. The summed E-state index contributed by atoms with van der Waals surface area (Å²) in [5.41, 5.74) is 0. The van der Waals surface area contributed by atoms with Crippen LogP contribution >= 0.6 is 0 Å². The molecule has 0 rings (SSSR count). The Bertz CT molecular complexity index is 230. The van der Waals surface area contributed by atoms with Crippen LogP contribution in [-0.4, -0.2) is 44.7 Å². The highest BCUT2D eigenvalue weighted by Crippen LogP contribution is 2.11. The fourth-order valence-electron chi connectivity index (χ4n) is 0.639. The van der Waals surface area contributed by atoms with E-state index < -0.39 is 18.6 Å². The first-order chi connectivity index (χ1) is 6.85. The molecule has 0 saturated heterocycles. The molecular formula is C7H12F3N3O2. The van der Waals surface area contributed by atoms with E-state index in [9.17, 15) is 22.8 Å². The van der Waals surface area contributed by atoms with Gasteiger partial charge in [0.15, 0.2) is 0 Å². The van der Waals surface area contributed by atoms with Gasteiger partial charge in [0.2, 0.25) is 11.8 Å². The van der Waals surface area contributed by atoms with Gasteiger partial charge in [0, 0.05) is 7.05 Å². The quantitative estimate of drug-likeness (QED) is 0.564. The van der Waals surface area contributed by atoms with Gasteiger partial charge in [-0.3, -0.25) is 14.9 Å². The maximum atomic E-state index is 11.6. The minimum atomic E-state index is -4.42. The van der Waals surface area contributed by atoms with Gasteiger partial charge in [0.1, 0.15) is 6.54 Å². The van der Waals surface area contributed by atoms with Crippen molar-refractivity contribution in [2.24, 2.45) is 0 Å².